The molecule has 1 N–H and O–H groups in total. The van der Waals surface area contributed by atoms with E-state index in [-0.39, 0.29) is 6.10 Å². The number of unbranched alkanes of at least 4 members (excludes halogenated alkanes) is 4. The third kappa shape index (κ3) is 5.88. The van der Waals surface area contributed by atoms with Gasteiger partial charge in [0, 0.05) is 27.1 Å². The Bertz CT molecular complexity index is 253. The average Bonchev–Trinajstić information content (AvgIpc) is 2.82. The second-order valence-corrected chi connectivity index (χ2v) is 6.81. The summed E-state index contributed by atoms with van der Waals surface area (Å²) in [5.74, 6) is 0.583. The number of hydrogen-bond donors (Lipinski definition) is 1. The maximum Gasteiger partial charge on any atom is 0.167 e. The molecule has 0 saturated heterocycles. The highest BCUT2D eigenvalue weighted by Gasteiger charge is 2.36. The molecule has 0 radical (unpaired) electrons. The topological polar surface area (TPSA) is 38.7 Å². The first-order chi connectivity index (χ1) is 10.1. The molecule has 3 atom stereocenters. The van der Waals surface area contributed by atoms with Crippen molar-refractivity contribution in [3.63, 3.8) is 0 Å². The first kappa shape index (κ1) is 18.9. The lowest BCUT2D eigenvalue weighted by Gasteiger charge is -2.33. The predicted molar refractivity (Wildman–Crippen MR) is 87.3 cm³/mol. The van der Waals surface area contributed by atoms with Crippen LogP contribution < -0.4 is 0 Å². The van der Waals surface area contributed by atoms with E-state index in [0.717, 1.165) is 38.5 Å². The molecule has 0 aliphatic heterocycles. The smallest absolute Gasteiger partial charge is 0.167 e. The third-order valence-electron chi connectivity index (χ3n) is 5.41. The average molecular weight is 300 g/mol. The van der Waals surface area contributed by atoms with E-state index in [1.54, 1.807) is 14.2 Å². The molecule has 0 amide bonds. The largest absolute Gasteiger partial charge is 0.393 e. The van der Waals surface area contributed by atoms with Gasteiger partial charge in [-0.2, -0.15) is 0 Å². The summed E-state index contributed by atoms with van der Waals surface area (Å²) < 4.78 is 11.4. The van der Waals surface area contributed by atoms with Crippen molar-refractivity contribution in [2.24, 2.45) is 11.8 Å². The van der Waals surface area contributed by atoms with Crippen molar-refractivity contribution < 1.29 is 14.6 Å². The van der Waals surface area contributed by atoms with Gasteiger partial charge in [0.05, 0.1) is 6.10 Å². The molecule has 0 aromatic carbocycles. The van der Waals surface area contributed by atoms with Gasteiger partial charge >= 0.3 is 0 Å². The number of aliphatic hydroxyl groups excluding tert-OH is 1. The van der Waals surface area contributed by atoms with Crippen molar-refractivity contribution in [3.8, 4) is 0 Å². The summed E-state index contributed by atoms with van der Waals surface area (Å²) in [7, 11) is 3.51. The van der Waals surface area contributed by atoms with E-state index in [1.165, 1.54) is 25.7 Å². The van der Waals surface area contributed by atoms with Crippen LogP contribution in [0.4, 0.5) is 0 Å². The van der Waals surface area contributed by atoms with E-state index in [4.69, 9.17) is 9.47 Å². The number of ether oxygens (including phenoxy) is 2. The number of methoxy groups -OCH3 is 2. The van der Waals surface area contributed by atoms with Gasteiger partial charge in [0.2, 0.25) is 0 Å². The Morgan fingerprint density at radius 1 is 1.00 bits per heavy atom. The van der Waals surface area contributed by atoms with Crippen LogP contribution in [0, 0.1) is 11.8 Å². The van der Waals surface area contributed by atoms with Crippen LogP contribution in [-0.2, 0) is 9.47 Å². The van der Waals surface area contributed by atoms with Gasteiger partial charge in [0.1, 0.15) is 0 Å². The Morgan fingerprint density at radius 2 is 1.67 bits per heavy atom. The molecule has 1 saturated carbocycles. The quantitative estimate of drug-likeness (QED) is 0.450. The van der Waals surface area contributed by atoms with Crippen LogP contribution in [0.3, 0.4) is 0 Å². The molecule has 3 nitrogen and oxygen atoms in total. The molecule has 1 aliphatic rings. The van der Waals surface area contributed by atoms with Crippen LogP contribution in [0.2, 0.25) is 0 Å². The summed E-state index contributed by atoms with van der Waals surface area (Å²) >= 11 is 0. The van der Waals surface area contributed by atoms with Crippen LogP contribution in [0.15, 0.2) is 0 Å². The molecule has 1 fully saturated rings. The van der Waals surface area contributed by atoms with Gasteiger partial charge in [0.15, 0.2) is 5.79 Å². The Balaban J connectivity index is 2.40. The lowest BCUT2D eigenvalue weighted by Crippen LogP contribution is -2.35. The normalized spacial score (nSPS) is 26.4. The number of rotatable bonds is 11. The van der Waals surface area contributed by atoms with Gasteiger partial charge < -0.3 is 14.6 Å². The molecule has 0 spiro atoms. The first-order valence-electron chi connectivity index (χ1n) is 8.87. The number of hydrogen-bond acceptors (Lipinski definition) is 3. The summed E-state index contributed by atoms with van der Waals surface area (Å²) in [6.45, 7) is 4.50. The highest BCUT2D eigenvalue weighted by atomic mass is 16.7. The van der Waals surface area contributed by atoms with E-state index in [9.17, 15) is 5.11 Å². The summed E-state index contributed by atoms with van der Waals surface area (Å²) in [6.07, 6.45) is 11.1. The minimum Gasteiger partial charge on any atom is -0.393 e. The van der Waals surface area contributed by atoms with Crippen LogP contribution in [-0.4, -0.2) is 31.2 Å². The molecule has 1 aliphatic carbocycles. The molecule has 0 heterocycles. The van der Waals surface area contributed by atoms with Crippen molar-refractivity contribution in [1.82, 2.24) is 0 Å². The summed E-state index contributed by atoms with van der Waals surface area (Å²) in [5, 5.41) is 10.1. The second-order valence-electron chi connectivity index (χ2n) is 6.81. The lowest BCUT2D eigenvalue weighted by atomic mass is 9.88. The van der Waals surface area contributed by atoms with Crippen LogP contribution in [0.1, 0.15) is 78.1 Å². The summed E-state index contributed by atoms with van der Waals surface area (Å²) in [6, 6.07) is 0. The molecule has 0 bridgehead atoms. The maximum atomic E-state index is 10.1. The molecule has 0 aromatic heterocycles. The van der Waals surface area contributed by atoms with Crippen molar-refractivity contribution in [3.05, 3.63) is 0 Å². The van der Waals surface area contributed by atoms with E-state index >= 15 is 0 Å². The standard InChI is InChI=1S/C18H36O3/c1-5-6-7-8-9-13-18(20-3,21-4)14-12-16-15(2)10-11-17(16)19/h15-17,19H,5-14H2,1-4H3/t15?,16-,17-/m1/s1. The second kappa shape index (κ2) is 9.81. The molecule has 21 heavy (non-hydrogen) atoms. The van der Waals surface area contributed by atoms with Crippen LogP contribution >= 0.6 is 0 Å². The maximum absolute atomic E-state index is 10.1. The van der Waals surface area contributed by atoms with E-state index in [2.05, 4.69) is 13.8 Å². The number of aliphatic hydroxyl groups is 1. The highest BCUT2D eigenvalue weighted by molar-refractivity contribution is 4.84. The summed E-state index contributed by atoms with van der Waals surface area (Å²) in [4.78, 5) is 0. The molecule has 1 rings (SSSR count). The third-order valence-corrected chi connectivity index (χ3v) is 5.41. The zero-order valence-corrected chi connectivity index (χ0v) is 14.6. The van der Waals surface area contributed by atoms with Gasteiger partial charge in [-0.15, -0.1) is 0 Å². The Hall–Kier alpha value is -0.120. The summed E-state index contributed by atoms with van der Waals surface area (Å²) in [5.41, 5.74) is 0. The van der Waals surface area contributed by atoms with Crippen LogP contribution in [0.5, 0.6) is 0 Å². The Kier molecular flexibility index (Phi) is 8.84. The minimum absolute atomic E-state index is 0.129. The fourth-order valence-corrected chi connectivity index (χ4v) is 3.72. The molecular formula is C18H36O3. The zero-order valence-electron chi connectivity index (χ0n) is 14.6. The fraction of sp³-hybridized carbons (Fsp3) is 1.00. The van der Waals surface area contributed by atoms with Crippen molar-refractivity contribution in [2.75, 3.05) is 14.2 Å². The molecule has 3 heteroatoms. The molecule has 1 unspecified atom stereocenters. The van der Waals surface area contributed by atoms with Gasteiger partial charge in [-0.3, -0.25) is 0 Å². The van der Waals surface area contributed by atoms with Gasteiger partial charge in [0.25, 0.3) is 0 Å². The highest BCUT2D eigenvalue weighted by Crippen LogP contribution is 2.37. The predicted octanol–water partition coefficient (Wildman–Crippen LogP) is 4.52. The van der Waals surface area contributed by atoms with Gasteiger partial charge in [-0.05, 0) is 37.5 Å². The first-order valence-corrected chi connectivity index (χ1v) is 8.87. The lowest BCUT2D eigenvalue weighted by molar-refractivity contribution is -0.218. The Labute approximate surface area is 131 Å². The molecule has 0 aromatic rings. The zero-order chi connectivity index (χ0) is 15.7. The SMILES string of the molecule is CCCCCCCC(CC[C@@H]1C(C)CC[C@H]1O)(OC)OC. The monoisotopic (exact) mass is 300 g/mol. The van der Waals surface area contributed by atoms with Crippen molar-refractivity contribution >= 4 is 0 Å². The van der Waals surface area contributed by atoms with E-state index < -0.39 is 5.79 Å². The Morgan fingerprint density at radius 3 is 2.19 bits per heavy atom. The fourth-order valence-electron chi connectivity index (χ4n) is 3.72. The minimum atomic E-state index is -0.450. The van der Waals surface area contributed by atoms with E-state index in [0.29, 0.717) is 11.8 Å². The van der Waals surface area contributed by atoms with Gasteiger partial charge in [-0.1, -0.05) is 39.5 Å². The van der Waals surface area contributed by atoms with E-state index in [1.807, 2.05) is 0 Å². The van der Waals surface area contributed by atoms with Gasteiger partial charge in [-0.25, -0.2) is 0 Å². The molecule has 126 valence electrons. The molecular weight excluding hydrogens is 264 g/mol. The van der Waals surface area contributed by atoms with Crippen LogP contribution in [0.25, 0.3) is 0 Å². The van der Waals surface area contributed by atoms with Crippen molar-refractivity contribution in [2.45, 2.75) is 89.9 Å². The van der Waals surface area contributed by atoms with Crippen molar-refractivity contribution in [1.29, 1.82) is 0 Å².